The highest BCUT2D eigenvalue weighted by molar-refractivity contribution is 5.71. The number of rotatable bonds is 51. The summed E-state index contributed by atoms with van der Waals surface area (Å²) in [7, 11) is 0. The van der Waals surface area contributed by atoms with E-state index in [1.807, 2.05) is 0 Å². The van der Waals surface area contributed by atoms with Gasteiger partial charge in [-0.15, -0.1) is 0 Å². The molecule has 0 N–H and O–H groups in total. The standard InChI is InChI=1S/C60H106O6/c1-4-7-10-13-16-19-22-25-28-30-31-33-35-38-41-44-47-50-53-59(62)65-56-57(55-64-58(61)52-49-46-43-40-37-34-27-24-21-18-15-12-9-6-3)66-60(63)54-51-48-45-42-39-36-32-29-26-23-20-17-14-11-8-5-2/h8,11,17,20,26,29,34,36-37,39,57H,4-7,9-10,12-16,18-19,21-25,27-28,30-33,35,38,40-56H2,1-3H3/b11-8-,20-17-,29-26-,37-34-,39-36-. The molecule has 0 bridgehead atoms. The van der Waals surface area contributed by atoms with Gasteiger partial charge >= 0.3 is 17.9 Å². The fraction of sp³-hybridized carbons (Fsp3) is 0.783. The average molecular weight is 924 g/mol. The zero-order valence-electron chi connectivity index (χ0n) is 43.7. The van der Waals surface area contributed by atoms with E-state index in [9.17, 15) is 14.4 Å². The van der Waals surface area contributed by atoms with Crippen molar-refractivity contribution in [3.8, 4) is 0 Å². The van der Waals surface area contributed by atoms with Gasteiger partial charge in [-0.25, -0.2) is 0 Å². The van der Waals surface area contributed by atoms with Crippen molar-refractivity contribution >= 4 is 17.9 Å². The molecule has 0 amide bonds. The highest BCUT2D eigenvalue weighted by atomic mass is 16.6. The molecule has 0 aromatic carbocycles. The predicted molar refractivity (Wildman–Crippen MR) is 284 cm³/mol. The Morgan fingerprint density at radius 3 is 0.955 bits per heavy atom. The van der Waals surface area contributed by atoms with Gasteiger partial charge in [0.1, 0.15) is 13.2 Å². The van der Waals surface area contributed by atoms with Crippen LogP contribution in [0.2, 0.25) is 0 Å². The van der Waals surface area contributed by atoms with Crippen LogP contribution in [-0.2, 0) is 28.6 Å². The lowest BCUT2D eigenvalue weighted by molar-refractivity contribution is -0.167. The third-order valence-corrected chi connectivity index (χ3v) is 12.3. The van der Waals surface area contributed by atoms with Crippen LogP contribution >= 0.6 is 0 Å². The molecule has 0 saturated heterocycles. The van der Waals surface area contributed by atoms with E-state index in [0.29, 0.717) is 19.3 Å². The number of hydrogen-bond donors (Lipinski definition) is 0. The van der Waals surface area contributed by atoms with Crippen LogP contribution in [0.1, 0.15) is 284 Å². The van der Waals surface area contributed by atoms with Crippen molar-refractivity contribution in [1.82, 2.24) is 0 Å². The average Bonchev–Trinajstić information content (AvgIpc) is 3.31. The van der Waals surface area contributed by atoms with Gasteiger partial charge in [-0.3, -0.25) is 14.4 Å². The molecular weight excluding hydrogens is 817 g/mol. The summed E-state index contributed by atoms with van der Waals surface area (Å²) >= 11 is 0. The summed E-state index contributed by atoms with van der Waals surface area (Å²) in [5.74, 6) is -0.926. The Morgan fingerprint density at radius 1 is 0.318 bits per heavy atom. The minimum absolute atomic E-state index is 0.0894. The zero-order valence-corrected chi connectivity index (χ0v) is 43.7. The largest absolute Gasteiger partial charge is 0.462 e. The molecule has 0 aliphatic carbocycles. The first-order valence-electron chi connectivity index (χ1n) is 28.3. The maximum atomic E-state index is 12.8. The van der Waals surface area contributed by atoms with Crippen LogP contribution in [0.25, 0.3) is 0 Å². The monoisotopic (exact) mass is 923 g/mol. The molecule has 0 aromatic heterocycles. The van der Waals surface area contributed by atoms with E-state index in [1.54, 1.807) is 0 Å². The van der Waals surface area contributed by atoms with Crippen molar-refractivity contribution < 1.29 is 28.6 Å². The summed E-state index contributed by atoms with van der Waals surface area (Å²) in [6.07, 6.45) is 67.8. The Kier molecular flexibility index (Phi) is 52.3. The third-order valence-electron chi connectivity index (χ3n) is 12.3. The van der Waals surface area contributed by atoms with Crippen molar-refractivity contribution in [2.75, 3.05) is 13.2 Å². The molecule has 0 fully saturated rings. The van der Waals surface area contributed by atoms with E-state index >= 15 is 0 Å². The number of unbranched alkanes of at least 4 members (excludes halogenated alkanes) is 30. The van der Waals surface area contributed by atoms with Crippen LogP contribution in [0.4, 0.5) is 0 Å². The van der Waals surface area contributed by atoms with Crippen LogP contribution in [0.15, 0.2) is 60.8 Å². The number of esters is 3. The third kappa shape index (κ3) is 52.1. The lowest BCUT2D eigenvalue weighted by Crippen LogP contribution is -2.30. The minimum Gasteiger partial charge on any atom is -0.462 e. The summed E-state index contributed by atoms with van der Waals surface area (Å²) in [5.41, 5.74) is 0. The molecule has 0 spiro atoms. The zero-order chi connectivity index (χ0) is 47.9. The van der Waals surface area contributed by atoms with Gasteiger partial charge in [0.25, 0.3) is 0 Å². The topological polar surface area (TPSA) is 78.9 Å². The highest BCUT2D eigenvalue weighted by Crippen LogP contribution is 2.16. The van der Waals surface area contributed by atoms with Gasteiger partial charge in [0, 0.05) is 19.3 Å². The molecule has 0 radical (unpaired) electrons. The Labute approximate surface area is 409 Å². The summed E-state index contributed by atoms with van der Waals surface area (Å²) in [6, 6.07) is 0. The van der Waals surface area contributed by atoms with Crippen LogP contribution in [-0.4, -0.2) is 37.2 Å². The molecule has 0 aliphatic heterocycles. The lowest BCUT2D eigenvalue weighted by Gasteiger charge is -2.18. The molecule has 382 valence electrons. The second-order valence-corrected chi connectivity index (χ2v) is 18.8. The summed E-state index contributed by atoms with van der Waals surface area (Å²) in [6.45, 7) is 6.51. The smallest absolute Gasteiger partial charge is 0.306 e. The number of hydrogen-bond acceptors (Lipinski definition) is 6. The van der Waals surface area contributed by atoms with Crippen molar-refractivity contribution in [3.63, 3.8) is 0 Å². The van der Waals surface area contributed by atoms with Gasteiger partial charge in [0.2, 0.25) is 0 Å². The Hall–Kier alpha value is -2.89. The first kappa shape index (κ1) is 63.1. The van der Waals surface area contributed by atoms with Gasteiger partial charge in [-0.1, -0.05) is 242 Å². The van der Waals surface area contributed by atoms with Crippen LogP contribution in [0.5, 0.6) is 0 Å². The molecule has 0 rings (SSSR count). The van der Waals surface area contributed by atoms with E-state index < -0.39 is 6.10 Å². The summed E-state index contributed by atoms with van der Waals surface area (Å²) in [5, 5.41) is 0. The second-order valence-electron chi connectivity index (χ2n) is 18.8. The van der Waals surface area contributed by atoms with Gasteiger partial charge in [0.15, 0.2) is 6.10 Å². The fourth-order valence-electron chi connectivity index (χ4n) is 8.02. The molecule has 0 heterocycles. The van der Waals surface area contributed by atoms with Gasteiger partial charge in [0.05, 0.1) is 0 Å². The van der Waals surface area contributed by atoms with Gasteiger partial charge in [-0.2, -0.15) is 0 Å². The van der Waals surface area contributed by atoms with E-state index in [-0.39, 0.29) is 31.1 Å². The van der Waals surface area contributed by atoms with Crippen molar-refractivity contribution in [1.29, 1.82) is 0 Å². The predicted octanol–water partition coefficient (Wildman–Crippen LogP) is 18.8. The number of ether oxygens (including phenoxy) is 3. The Morgan fingerprint density at radius 2 is 0.591 bits per heavy atom. The second kappa shape index (κ2) is 54.7. The van der Waals surface area contributed by atoms with E-state index in [4.69, 9.17) is 14.2 Å². The first-order chi connectivity index (χ1) is 32.5. The molecule has 0 aromatic rings. The fourth-order valence-corrected chi connectivity index (χ4v) is 8.02. The molecule has 1 atom stereocenters. The molecule has 6 heteroatoms. The minimum atomic E-state index is -0.795. The van der Waals surface area contributed by atoms with Crippen LogP contribution in [0.3, 0.4) is 0 Å². The maximum absolute atomic E-state index is 12.8. The van der Waals surface area contributed by atoms with Gasteiger partial charge < -0.3 is 14.2 Å². The van der Waals surface area contributed by atoms with Crippen LogP contribution < -0.4 is 0 Å². The number of allylic oxidation sites excluding steroid dienone is 10. The normalized spacial score (nSPS) is 12.5. The quantitative estimate of drug-likeness (QED) is 0.0262. The molecular formula is C60H106O6. The number of carbonyl (C=O) groups is 3. The number of carbonyl (C=O) groups excluding carboxylic acids is 3. The highest BCUT2D eigenvalue weighted by Gasteiger charge is 2.19. The summed E-state index contributed by atoms with van der Waals surface area (Å²) < 4.78 is 16.8. The molecule has 0 aliphatic rings. The molecule has 66 heavy (non-hydrogen) atoms. The Bertz CT molecular complexity index is 1200. The SMILES string of the molecule is CC/C=C\C/C=C\C/C=C\C/C=C\CCCCCC(=O)OC(COC(=O)CCCCC/C=C\CCCCCCCCC)COC(=O)CCCCCCCCCCCCCCCCCCCC. The van der Waals surface area contributed by atoms with E-state index in [2.05, 4.69) is 81.5 Å². The van der Waals surface area contributed by atoms with Crippen molar-refractivity contribution in [3.05, 3.63) is 60.8 Å². The molecule has 6 nitrogen and oxygen atoms in total. The first-order valence-corrected chi connectivity index (χ1v) is 28.3. The maximum Gasteiger partial charge on any atom is 0.306 e. The molecule has 0 saturated carbocycles. The van der Waals surface area contributed by atoms with Gasteiger partial charge in [-0.05, 0) is 83.5 Å². The van der Waals surface area contributed by atoms with Crippen molar-refractivity contribution in [2.24, 2.45) is 0 Å². The lowest BCUT2D eigenvalue weighted by atomic mass is 10.0. The Balaban J connectivity index is 4.41. The van der Waals surface area contributed by atoms with Crippen LogP contribution in [0, 0.1) is 0 Å². The summed E-state index contributed by atoms with van der Waals surface area (Å²) in [4.78, 5) is 38.1. The van der Waals surface area contributed by atoms with E-state index in [0.717, 1.165) is 103 Å². The molecule has 1 unspecified atom stereocenters. The van der Waals surface area contributed by atoms with E-state index in [1.165, 1.54) is 141 Å². The van der Waals surface area contributed by atoms with Crippen molar-refractivity contribution in [2.45, 2.75) is 290 Å².